The number of nitrogens with two attached hydrogens (primary N) is 1. The fraction of sp³-hybridized carbons (Fsp3) is 1.00. The second-order valence-corrected chi connectivity index (χ2v) is 6.89. The summed E-state index contributed by atoms with van der Waals surface area (Å²) in [5, 5.41) is 0. The fourth-order valence-electron chi connectivity index (χ4n) is 3.93. The molecule has 2 rings (SSSR count). The van der Waals surface area contributed by atoms with Crippen LogP contribution in [0.5, 0.6) is 0 Å². The Hall–Kier alpha value is -0.120. The van der Waals surface area contributed by atoms with E-state index in [2.05, 4.69) is 11.8 Å². The van der Waals surface area contributed by atoms with E-state index in [1.807, 2.05) is 7.11 Å². The summed E-state index contributed by atoms with van der Waals surface area (Å²) in [4.78, 5) is 2.62. The van der Waals surface area contributed by atoms with Crippen LogP contribution >= 0.6 is 0 Å². The SMILES string of the molecule is COC1CN(CC2(CN)CCCCCC2)CCC1C. The zero-order valence-corrected chi connectivity index (χ0v) is 12.9. The first-order valence-electron chi connectivity index (χ1n) is 8.14. The highest BCUT2D eigenvalue weighted by atomic mass is 16.5. The first-order valence-corrected chi connectivity index (χ1v) is 8.14. The smallest absolute Gasteiger partial charge is 0.0724 e. The molecule has 112 valence electrons. The van der Waals surface area contributed by atoms with Crippen molar-refractivity contribution in [3.8, 4) is 0 Å². The van der Waals surface area contributed by atoms with Crippen LogP contribution in [0.15, 0.2) is 0 Å². The van der Waals surface area contributed by atoms with Crippen LogP contribution in [0.25, 0.3) is 0 Å². The van der Waals surface area contributed by atoms with Gasteiger partial charge >= 0.3 is 0 Å². The second kappa shape index (κ2) is 7.05. The lowest BCUT2D eigenvalue weighted by Gasteiger charge is -2.42. The number of nitrogens with zero attached hydrogens (tertiary/aromatic N) is 1. The van der Waals surface area contributed by atoms with Crippen LogP contribution in [-0.4, -0.2) is 44.3 Å². The van der Waals surface area contributed by atoms with Gasteiger partial charge in [-0.05, 0) is 43.7 Å². The van der Waals surface area contributed by atoms with Crippen molar-refractivity contribution in [2.24, 2.45) is 17.1 Å². The van der Waals surface area contributed by atoms with Crippen molar-refractivity contribution in [1.29, 1.82) is 0 Å². The number of rotatable bonds is 4. The molecule has 0 spiro atoms. The van der Waals surface area contributed by atoms with Gasteiger partial charge in [0.15, 0.2) is 0 Å². The lowest BCUT2D eigenvalue weighted by atomic mass is 9.79. The van der Waals surface area contributed by atoms with E-state index in [4.69, 9.17) is 10.5 Å². The molecular formula is C16H32N2O. The summed E-state index contributed by atoms with van der Waals surface area (Å²) in [6.45, 7) is 6.69. The number of piperidine rings is 1. The Morgan fingerprint density at radius 2 is 1.89 bits per heavy atom. The van der Waals surface area contributed by atoms with Crippen molar-refractivity contribution < 1.29 is 4.74 Å². The van der Waals surface area contributed by atoms with Crippen LogP contribution < -0.4 is 5.73 Å². The van der Waals surface area contributed by atoms with Gasteiger partial charge in [-0.25, -0.2) is 0 Å². The van der Waals surface area contributed by atoms with Crippen LogP contribution in [0.1, 0.15) is 51.9 Å². The summed E-state index contributed by atoms with van der Waals surface area (Å²) < 4.78 is 5.64. The number of hydrogen-bond donors (Lipinski definition) is 1. The van der Waals surface area contributed by atoms with Crippen molar-refractivity contribution in [3.63, 3.8) is 0 Å². The molecule has 1 saturated carbocycles. The minimum atomic E-state index is 0.384. The first kappa shape index (κ1) is 15.3. The molecule has 0 bridgehead atoms. The maximum Gasteiger partial charge on any atom is 0.0724 e. The molecule has 0 radical (unpaired) electrons. The standard InChI is InChI=1S/C16H32N2O/c1-14-7-10-18(11-15(14)19-2)13-16(12-17)8-5-3-4-6-9-16/h14-15H,3-13,17H2,1-2H3. The van der Waals surface area contributed by atoms with Gasteiger partial charge in [0, 0.05) is 20.2 Å². The van der Waals surface area contributed by atoms with E-state index < -0.39 is 0 Å². The Balaban J connectivity index is 1.93. The van der Waals surface area contributed by atoms with Gasteiger partial charge in [-0.2, -0.15) is 0 Å². The number of ether oxygens (including phenoxy) is 1. The molecule has 0 aromatic rings. The third-order valence-corrected chi connectivity index (χ3v) is 5.43. The van der Waals surface area contributed by atoms with Crippen LogP contribution in [0, 0.1) is 11.3 Å². The van der Waals surface area contributed by atoms with Crippen LogP contribution in [0.4, 0.5) is 0 Å². The van der Waals surface area contributed by atoms with E-state index in [-0.39, 0.29) is 0 Å². The van der Waals surface area contributed by atoms with Gasteiger partial charge in [-0.3, -0.25) is 0 Å². The summed E-state index contributed by atoms with van der Waals surface area (Å²) in [5.41, 5.74) is 6.55. The summed E-state index contributed by atoms with van der Waals surface area (Å²) in [7, 11) is 1.86. The molecule has 2 unspecified atom stereocenters. The Morgan fingerprint density at radius 3 is 2.47 bits per heavy atom. The molecule has 0 aromatic heterocycles. The molecule has 1 saturated heterocycles. The summed E-state index contributed by atoms with van der Waals surface area (Å²) in [5.74, 6) is 0.698. The fourth-order valence-corrected chi connectivity index (χ4v) is 3.93. The molecule has 2 atom stereocenters. The van der Waals surface area contributed by atoms with E-state index in [1.165, 1.54) is 58.0 Å². The molecule has 2 aliphatic rings. The third-order valence-electron chi connectivity index (χ3n) is 5.43. The molecule has 0 amide bonds. The number of methoxy groups -OCH3 is 1. The summed E-state index contributed by atoms with van der Waals surface area (Å²) >= 11 is 0. The highest BCUT2D eigenvalue weighted by Crippen LogP contribution is 2.36. The van der Waals surface area contributed by atoms with Crippen LogP contribution in [-0.2, 0) is 4.74 Å². The van der Waals surface area contributed by atoms with Crippen LogP contribution in [0.3, 0.4) is 0 Å². The molecule has 1 heterocycles. The van der Waals surface area contributed by atoms with Crippen molar-refractivity contribution in [2.45, 2.75) is 58.0 Å². The largest absolute Gasteiger partial charge is 0.380 e. The van der Waals surface area contributed by atoms with Crippen LogP contribution in [0.2, 0.25) is 0 Å². The minimum absolute atomic E-state index is 0.384. The predicted molar refractivity (Wildman–Crippen MR) is 80.2 cm³/mol. The molecular weight excluding hydrogens is 236 g/mol. The Bertz CT molecular complexity index is 261. The maximum atomic E-state index is 6.16. The Kier molecular flexibility index (Phi) is 5.67. The lowest BCUT2D eigenvalue weighted by Crippen LogP contribution is -2.50. The Labute approximate surface area is 118 Å². The molecule has 3 nitrogen and oxygen atoms in total. The van der Waals surface area contributed by atoms with Gasteiger partial charge in [0.25, 0.3) is 0 Å². The highest BCUT2D eigenvalue weighted by molar-refractivity contribution is 4.88. The molecule has 3 heteroatoms. The van der Waals surface area contributed by atoms with Gasteiger partial charge < -0.3 is 15.4 Å². The van der Waals surface area contributed by atoms with E-state index in [9.17, 15) is 0 Å². The monoisotopic (exact) mass is 268 g/mol. The van der Waals surface area contributed by atoms with E-state index >= 15 is 0 Å². The quantitative estimate of drug-likeness (QED) is 0.797. The van der Waals surface area contributed by atoms with E-state index in [0.29, 0.717) is 17.4 Å². The Morgan fingerprint density at radius 1 is 1.21 bits per heavy atom. The molecule has 2 fully saturated rings. The average Bonchev–Trinajstić information content (AvgIpc) is 2.67. The first-order chi connectivity index (χ1) is 9.19. The molecule has 1 aliphatic carbocycles. The van der Waals surface area contributed by atoms with Crippen molar-refractivity contribution in [1.82, 2.24) is 4.90 Å². The third kappa shape index (κ3) is 3.93. The van der Waals surface area contributed by atoms with E-state index in [0.717, 1.165) is 13.1 Å². The topological polar surface area (TPSA) is 38.5 Å². The molecule has 19 heavy (non-hydrogen) atoms. The second-order valence-electron chi connectivity index (χ2n) is 6.89. The number of hydrogen-bond acceptors (Lipinski definition) is 3. The lowest BCUT2D eigenvalue weighted by molar-refractivity contribution is -0.0191. The number of likely N-dealkylation sites (tertiary alicyclic amines) is 1. The highest BCUT2D eigenvalue weighted by Gasteiger charge is 2.34. The zero-order chi connectivity index (χ0) is 13.7. The van der Waals surface area contributed by atoms with Crippen molar-refractivity contribution in [3.05, 3.63) is 0 Å². The van der Waals surface area contributed by atoms with Gasteiger partial charge in [0.2, 0.25) is 0 Å². The zero-order valence-electron chi connectivity index (χ0n) is 12.9. The summed E-state index contributed by atoms with van der Waals surface area (Å²) in [6, 6.07) is 0. The molecule has 2 N–H and O–H groups in total. The van der Waals surface area contributed by atoms with Gasteiger partial charge in [0.05, 0.1) is 6.10 Å². The van der Waals surface area contributed by atoms with Gasteiger partial charge in [-0.15, -0.1) is 0 Å². The minimum Gasteiger partial charge on any atom is -0.380 e. The predicted octanol–water partition coefficient (Wildman–Crippen LogP) is 2.64. The van der Waals surface area contributed by atoms with Gasteiger partial charge in [-0.1, -0.05) is 32.6 Å². The van der Waals surface area contributed by atoms with Crippen molar-refractivity contribution in [2.75, 3.05) is 33.3 Å². The van der Waals surface area contributed by atoms with Crippen molar-refractivity contribution >= 4 is 0 Å². The van der Waals surface area contributed by atoms with E-state index in [1.54, 1.807) is 0 Å². The average molecular weight is 268 g/mol. The van der Waals surface area contributed by atoms with Gasteiger partial charge in [0.1, 0.15) is 0 Å². The molecule has 1 aliphatic heterocycles. The summed E-state index contributed by atoms with van der Waals surface area (Å²) in [6.07, 6.45) is 9.87. The molecule has 0 aromatic carbocycles. The normalized spacial score (nSPS) is 33.0. The maximum absolute atomic E-state index is 6.16.